The van der Waals surface area contributed by atoms with Gasteiger partial charge in [0, 0.05) is 13.0 Å². The quantitative estimate of drug-likeness (QED) is 0.0233. The molecule has 0 rings (SSSR count). The summed E-state index contributed by atoms with van der Waals surface area (Å²) in [6.07, 6.45) is 11.5. The van der Waals surface area contributed by atoms with Crippen LogP contribution in [-0.4, -0.2) is 85.1 Å². The molecule has 0 aromatic rings. The zero-order valence-electron chi connectivity index (χ0n) is 30.2. The van der Waals surface area contributed by atoms with Crippen molar-refractivity contribution in [2.24, 2.45) is 33.8 Å². The van der Waals surface area contributed by atoms with E-state index in [0.29, 0.717) is 58.0 Å². The fourth-order valence-electron chi connectivity index (χ4n) is 5.27. The summed E-state index contributed by atoms with van der Waals surface area (Å²) in [7, 11) is 0. The molecule has 4 amide bonds. The Kier molecular flexibility index (Phi) is 27.1. The Morgan fingerprint density at radius 3 is 1.69 bits per heavy atom. The maximum atomic E-state index is 13.6. The van der Waals surface area contributed by atoms with E-state index in [0.717, 1.165) is 25.7 Å². The van der Waals surface area contributed by atoms with Crippen LogP contribution in [0, 0.1) is 5.92 Å². The molecule has 15 heteroatoms. The zero-order valence-corrected chi connectivity index (χ0v) is 31.0. The molecule has 12 N–H and O–H groups in total. The topological polar surface area (TPSA) is 250 Å². The van der Waals surface area contributed by atoms with E-state index in [1.165, 1.54) is 19.3 Å². The third kappa shape index (κ3) is 22.4. The molecule has 0 spiro atoms. The van der Waals surface area contributed by atoms with Crippen LogP contribution in [0.25, 0.3) is 0 Å². The summed E-state index contributed by atoms with van der Waals surface area (Å²) >= 11 is 5.80. The third-order valence-electron chi connectivity index (χ3n) is 8.21. The average molecular weight is 716 g/mol. The number of nitrogens with two attached hydrogens (primary N) is 4. The highest BCUT2D eigenvalue weighted by Gasteiger charge is 2.32. The molecule has 0 aliphatic rings. The smallest absolute Gasteiger partial charge is 0.243 e. The lowest BCUT2D eigenvalue weighted by atomic mass is 10.00. The van der Waals surface area contributed by atoms with E-state index in [4.69, 9.17) is 34.5 Å². The predicted octanol–water partition coefficient (Wildman–Crippen LogP) is 1.84. The van der Waals surface area contributed by atoms with Gasteiger partial charge in [-0.3, -0.25) is 29.0 Å². The molecule has 284 valence electrons. The van der Waals surface area contributed by atoms with Gasteiger partial charge in [0.1, 0.15) is 18.1 Å². The normalized spacial score (nSPS) is 13.5. The SMILES string of the molecule is CCCCCCCCCC(=O)N[C@@H](CCCN=C(N)N)C(=O)N[C@H](C(=O)N[C@@H](CCCCN)C(=O)N[C@@H](CCCCN)C(=O)CCl)C(C)C. The molecule has 0 saturated heterocycles. The fraction of sp³-hybridized carbons (Fsp3) is 0.824. The third-order valence-corrected chi connectivity index (χ3v) is 8.48. The highest BCUT2D eigenvalue weighted by molar-refractivity contribution is 6.28. The van der Waals surface area contributed by atoms with Crippen molar-refractivity contribution in [2.45, 2.75) is 148 Å². The Morgan fingerprint density at radius 1 is 0.633 bits per heavy atom. The number of nitrogens with one attached hydrogen (secondary N) is 4. The molecule has 49 heavy (non-hydrogen) atoms. The van der Waals surface area contributed by atoms with Crippen molar-refractivity contribution in [3.8, 4) is 0 Å². The second-order valence-corrected chi connectivity index (χ2v) is 13.2. The van der Waals surface area contributed by atoms with Crippen LogP contribution < -0.4 is 44.2 Å². The van der Waals surface area contributed by atoms with E-state index in [1.54, 1.807) is 13.8 Å². The van der Waals surface area contributed by atoms with Crippen LogP contribution in [0.4, 0.5) is 0 Å². The Labute approximate surface area is 298 Å². The van der Waals surface area contributed by atoms with E-state index in [1.807, 2.05) is 0 Å². The Bertz CT molecular complexity index is 995. The summed E-state index contributed by atoms with van der Waals surface area (Å²) in [4.78, 5) is 69.9. The predicted molar refractivity (Wildman–Crippen MR) is 197 cm³/mol. The van der Waals surface area contributed by atoms with Gasteiger partial charge in [0.25, 0.3) is 0 Å². The number of unbranched alkanes of at least 4 members (excludes halogenated alkanes) is 8. The van der Waals surface area contributed by atoms with Crippen LogP contribution in [0.5, 0.6) is 0 Å². The molecule has 0 aliphatic heterocycles. The van der Waals surface area contributed by atoms with Crippen LogP contribution >= 0.6 is 11.6 Å². The molecule has 14 nitrogen and oxygen atoms in total. The molecule has 0 heterocycles. The molecular formula is C34H66ClN9O5. The molecule has 4 atom stereocenters. The first-order valence-corrected chi connectivity index (χ1v) is 18.7. The number of alkyl halides is 1. The highest BCUT2D eigenvalue weighted by Crippen LogP contribution is 2.11. The first-order valence-electron chi connectivity index (χ1n) is 18.2. The highest BCUT2D eigenvalue weighted by atomic mass is 35.5. The zero-order chi connectivity index (χ0) is 37.0. The Balaban J connectivity index is 5.71. The number of guanidine groups is 1. The number of amides is 4. The van der Waals surface area contributed by atoms with Gasteiger partial charge in [-0.15, -0.1) is 11.6 Å². The maximum absolute atomic E-state index is 13.6. The largest absolute Gasteiger partial charge is 0.370 e. The number of Topliss-reactive ketones (excluding diaryl/α,β-unsaturated/α-hetero) is 1. The van der Waals surface area contributed by atoms with Crippen molar-refractivity contribution >= 4 is 47.0 Å². The van der Waals surface area contributed by atoms with Gasteiger partial charge in [-0.25, -0.2) is 0 Å². The number of aliphatic imine (C=N–C) groups is 1. The first-order chi connectivity index (χ1) is 23.4. The van der Waals surface area contributed by atoms with Crippen LogP contribution in [0.1, 0.15) is 124 Å². The van der Waals surface area contributed by atoms with Gasteiger partial charge in [-0.1, -0.05) is 59.3 Å². The molecule has 0 aromatic heterocycles. The van der Waals surface area contributed by atoms with Crippen LogP contribution in [0.2, 0.25) is 0 Å². The minimum atomic E-state index is -1.01. The summed E-state index contributed by atoms with van der Waals surface area (Å²) in [5.74, 6) is -2.87. The van der Waals surface area contributed by atoms with Gasteiger partial charge in [0.05, 0.1) is 11.9 Å². The van der Waals surface area contributed by atoms with E-state index in [2.05, 4.69) is 33.2 Å². The second-order valence-electron chi connectivity index (χ2n) is 13.0. The van der Waals surface area contributed by atoms with Gasteiger partial charge < -0.3 is 44.2 Å². The fourth-order valence-corrected chi connectivity index (χ4v) is 5.45. The number of rotatable bonds is 30. The molecule has 0 saturated carbocycles. The van der Waals surface area contributed by atoms with Gasteiger partial charge in [-0.05, 0) is 76.8 Å². The number of carbonyl (C=O) groups excluding carboxylic acids is 5. The Morgan fingerprint density at radius 2 is 1.14 bits per heavy atom. The van der Waals surface area contributed by atoms with Crippen molar-refractivity contribution in [2.75, 3.05) is 25.5 Å². The second kappa shape index (κ2) is 28.8. The lowest BCUT2D eigenvalue weighted by molar-refractivity contribution is -0.135. The van der Waals surface area contributed by atoms with Crippen molar-refractivity contribution in [3.05, 3.63) is 0 Å². The molecule has 0 fully saturated rings. The number of hydrogen-bond acceptors (Lipinski definition) is 8. The summed E-state index contributed by atoms with van der Waals surface area (Å²) in [5.41, 5.74) is 22.1. The Hall–Kier alpha value is -2.97. The molecule has 0 radical (unpaired) electrons. The number of carbonyl (C=O) groups is 5. The lowest BCUT2D eigenvalue weighted by Crippen LogP contribution is -2.59. The summed E-state index contributed by atoms with van der Waals surface area (Å²) in [6.45, 7) is 6.85. The molecular weight excluding hydrogens is 650 g/mol. The maximum Gasteiger partial charge on any atom is 0.243 e. The van der Waals surface area contributed by atoms with Crippen molar-refractivity contribution in [1.82, 2.24) is 21.3 Å². The van der Waals surface area contributed by atoms with Gasteiger partial charge in [0.15, 0.2) is 11.7 Å². The van der Waals surface area contributed by atoms with Crippen molar-refractivity contribution in [3.63, 3.8) is 0 Å². The van der Waals surface area contributed by atoms with Crippen molar-refractivity contribution < 1.29 is 24.0 Å². The number of hydrogen-bond donors (Lipinski definition) is 8. The minimum absolute atomic E-state index is 0.0699. The monoisotopic (exact) mass is 715 g/mol. The average Bonchev–Trinajstić information content (AvgIpc) is 3.06. The minimum Gasteiger partial charge on any atom is -0.370 e. The van der Waals surface area contributed by atoms with E-state index < -0.39 is 41.9 Å². The van der Waals surface area contributed by atoms with E-state index in [-0.39, 0.29) is 48.8 Å². The molecule has 0 bridgehead atoms. The van der Waals surface area contributed by atoms with Crippen LogP contribution in [-0.2, 0) is 24.0 Å². The molecule has 0 aliphatic carbocycles. The van der Waals surface area contributed by atoms with E-state index in [9.17, 15) is 24.0 Å². The van der Waals surface area contributed by atoms with Gasteiger partial charge in [-0.2, -0.15) is 0 Å². The summed E-state index contributed by atoms with van der Waals surface area (Å²) in [5, 5.41) is 11.2. The summed E-state index contributed by atoms with van der Waals surface area (Å²) in [6, 6.07) is -3.72. The number of nitrogens with zero attached hydrogens (tertiary/aromatic N) is 1. The standard InChI is InChI=1S/C34H66ClN9O5/c1-4-5-6-7-8-9-10-19-29(46)41-26(18-15-22-40-34(38)39)32(48)44-30(24(2)3)33(49)43-27(17-12-14-21-37)31(47)42-25(28(45)23-35)16-11-13-20-36/h24-27,30H,4-23,36-37H2,1-3H3,(H,41,46)(H,42,47)(H,43,49)(H,44,48)(H4,38,39,40)/t25-,26-,27-,30-/m0/s1. The number of halogens is 1. The van der Waals surface area contributed by atoms with Crippen molar-refractivity contribution in [1.29, 1.82) is 0 Å². The molecule has 0 unspecified atom stereocenters. The van der Waals surface area contributed by atoms with Crippen LogP contribution in [0.15, 0.2) is 4.99 Å². The van der Waals surface area contributed by atoms with E-state index >= 15 is 0 Å². The van der Waals surface area contributed by atoms with Gasteiger partial charge in [0.2, 0.25) is 23.6 Å². The molecule has 0 aromatic carbocycles. The summed E-state index contributed by atoms with van der Waals surface area (Å²) < 4.78 is 0. The number of ketones is 1. The van der Waals surface area contributed by atoms with Crippen LogP contribution in [0.3, 0.4) is 0 Å². The first kappa shape index (κ1) is 46.0. The van der Waals surface area contributed by atoms with Gasteiger partial charge >= 0.3 is 0 Å². The lowest BCUT2D eigenvalue weighted by Gasteiger charge is -2.28.